The van der Waals surface area contributed by atoms with Crippen molar-refractivity contribution in [1.82, 2.24) is 14.5 Å². The van der Waals surface area contributed by atoms with Gasteiger partial charge in [0.15, 0.2) is 0 Å². The van der Waals surface area contributed by atoms with Crippen molar-refractivity contribution in [3.63, 3.8) is 0 Å². The third kappa shape index (κ3) is 4.08. The summed E-state index contributed by atoms with van der Waals surface area (Å²) in [7, 11) is 1.66. The molecular formula is C24H28N4O4. The zero-order valence-electron chi connectivity index (χ0n) is 17.6. The van der Waals surface area contributed by atoms with E-state index in [2.05, 4.69) is 4.98 Å². The summed E-state index contributed by atoms with van der Waals surface area (Å²) in [6.45, 7) is 3.86. The van der Waals surface area contributed by atoms with Crippen molar-refractivity contribution >= 4 is 28.5 Å². The van der Waals surface area contributed by atoms with Gasteiger partial charge < -0.3 is 19.1 Å². The first-order valence-corrected chi connectivity index (χ1v) is 10.3. The van der Waals surface area contributed by atoms with E-state index in [1.165, 1.54) is 4.57 Å². The van der Waals surface area contributed by atoms with Gasteiger partial charge in [-0.05, 0) is 25.1 Å². The predicted molar refractivity (Wildman–Crippen MR) is 124 cm³/mol. The zero-order chi connectivity index (χ0) is 22.0. The van der Waals surface area contributed by atoms with Gasteiger partial charge in [-0.2, -0.15) is 0 Å². The molecule has 0 aliphatic carbocycles. The van der Waals surface area contributed by atoms with Gasteiger partial charge >= 0.3 is 5.97 Å². The Bertz CT molecular complexity index is 1180. The number of aromatic nitrogens is 2. The van der Waals surface area contributed by atoms with Crippen molar-refractivity contribution in [3.8, 4) is 0 Å². The van der Waals surface area contributed by atoms with Crippen LogP contribution in [0.5, 0.6) is 0 Å². The number of pyridine rings is 2. The Hall–Kier alpha value is -3.68. The number of piperazine rings is 1. The van der Waals surface area contributed by atoms with Crippen LogP contribution in [0.3, 0.4) is 0 Å². The van der Waals surface area contributed by atoms with E-state index in [0.29, 0.717) is 37.4 Å². The molecule has 0 unspecified atom stereocenters. The summed E-state index contributed by atoms with van der Waals surface area (Å²) < 4.78 is 6.69. The van der Waals surface area contributed by atoms with Gasteiger partial charge in [-0.15, -0.1) is 0 Å². The van der Waals surface area contributed by atoms with Crippen molar-refractivity contribution in [2.45, 2.75) is 14.4 Å². The molecule has 0 spiro atoms. The summed E-state index contributed by atoms with van der Waals surface area (Å²) in [5, 5.41) is 0.807. The average Bonchev–Trinajstić information content (AvgIpc) is 2.81. The fourth-order valence-electron chi connectivity index (χ4n) is 4.01. The van der Waals surface area contributed by atoms with Crippen molar-refractivity contribution in [1.29, 1.82) is 0 Å². The summed E-state index contributed by atoms with van der Waals surface area (Å²) in [5.74, 6) is -0.680. The summed E-state index contributed by atoms with van der Waals surface area (Å²) >= 11 is 0. The van der Waals surface area contributed by atoms with E-state index >= 15 is 0 Å². The quantitative estimate of drug-likeness (QED) is 0.585. The number of esters is 1. The van der Waals surface area contributed by atoms with Crippen LogP contribution in [0.15, 0.2) is 53.6 Å². The first kappa shape index (κ1) is 23.0. The molecule has 32 heavy (non-hydrogen) atoms. The lowest BCUT2D eigenvalue weighted by Gasteiger charge is -2.37. The molecule has 4 rings (SSSR count). The second kappa shape index (κ2) is 9.64. The second-order valence-electron chi connectivity index (χ2n) is 7.34. The van der Waals surface area contributed by atoms with Crippen LogP contribution < -0.4 is 10.5 Å². The molecule has 1 aliphatic heterocycles. The monoisotopic (exact) mass is 436 g/mol. The van der Waals surface area contributed by atoms with Crippen LogP contribution in [0.25, 0.3) is 10.9 Å². The van der Waals surface area contributed by atoms with E-state index < -0.39 is 5.97 Å². The lowest BCUT2D eigenvalue weighted by molar-refractivity contribution is 0.0523. The molecule has 3 heterocycles. The van der Waals surface area contributed by atoms with Crippen molar-refractivity contribution in [3.05, 3.63) is 70.3 Å². The number of carbonyl (C=O) groups is 2. The number of aryl methyl sites for hydroxylation is 1. The molecule has 0 saturated carbocycles. The standard InChI is InChI=1S/C23H24N4O4.CH4/c1-3-31-23(30)19-20(17-6-4-5-7-18(17)25(2)22(19)29)26-12-14-27(15-13-26)21(28)16-8-10-24-11-9-16;/h4-11H,3,12-15H2,1-2H3;1H4. The largest absolute Gasteiger partial charge is 0.462 e. The maximum atomic E-state index is 13.1. The van der Waals surface area contributed by atoms with E-state index in [1.807, 2.05) is 29.2 Å². The van der Waals surface area contributed by atoms with Crippen LogP contribution in [-0.2, 0) is 11.8 Å². The van der Waals surface area contributed by atoms with Gasteiger partial charge in [0.2, 0.25) is 0 Å². The van der Waals surface area contributed by atoms with E-state index in [0.717, 1.165) is 10.9 Å². The Morgan fingerprint density at radius 2 is 1.69 bits per heavy atom. The number of ether oxygens (including phenoxy) is 1. The molecule has 3 aromatic rings. The van der Waals surface area contributed by atoms with Gasteiger partial charge in [-0.1, -0.05) is 25.6 Å². The minimum absolute atomic E-state index is 0. The molecule has 1 fully saturated rings. The van der Waals surface area contributed by atoms with Crippen LogP contribution in [-0.4, -0.2) is 59.1 Å². The molecular weight excluding hydrogens is 408 g/mol. The number of nitrogens with zero attached hydrogens (tertiary/aromatic N) is 4. The number of hydrogen-bond donors (Lipinski definition) is 0. The number of hydrogen-bond acceptors (Lipinski definition) is 6. The molecule has 0 N–H and O–H groups in total. The average molecular weight is 437 g/mol. The Labute approximate surface area is 187 Å². The van der Waals surface area contributed by atoms with Crippen LogP contribution in [0.1, 0.15) is 35.1 Å². The molecule has 1 aromatic carbocycles. The highest BCUT2D eigenvalue weighted by Crippen LogP contribution is 2.30. The van der Waals surface area contributed by atoms with Gasteiger partial charge in [-0.3, -0.25) is 14.6 Å². The highest BCUT2D eigenvalue weighted by Gasteiger charge is 2.29. The van der Waals surface area contributed by atoms with E-state index in [-0.39, 0.29) is 31.1 Å². The molecule has 1 aliphatic rings. The smallest absolute Gasteiger partial charge is 0.345 e. The molecule has 0 radical (unpaired) electrons. The fourth-order valence-corrected chi connectivity index (χ4v) is 4.01. The lowest BCUT2D eigenvalue weighted by Crippen LogP contribution is -2.49. The number of amides is 1. The van der Waals surface area contributed by atoms with Crippen LogP contribution >= 0.6 is 0 Å². The number of anilines is 1. The van der Waals surface area contributed by atoms with Crippen molar-refractivity contribution < 1.29 is 14.3 Å². The maximum Gasteiger partial charge on any atom is 0.345 e. The molecule has 0 atom stereocenters. The van der Waals surface area contributed by atoms with E-state index in [1.54, 1.807) is 43.4 Å². The van der Waals surface area contributed by atoms with Gasteiger partial charge in [0.05, 0.1) is 17.8 Å². The van der Waals surface area contributed by atoms with Crippen LogP contribution in [0.4, 0.5) is 5.69 Å². The third-order valence-corrected chi connectivity index (χ3v) is 5.57. The number of carbonyl (C=O) groups excluding carboxylic acids is 2. The third-order valence-electron chi connectivity index (χ3n) is 5.57. The number of rotatable bonds is 4. The maximum absolute atomic E-state index is 13.1. The second-order valence-corrected chi connectivity index (χ2v) is 7.34. The summed E-state index contributed by atoms with van der Waals surface area (Å²) in [5.41, 5.74) is 1.56. The molecule has 0 bridgehead atoms. The number of benzene rings is 1. The molecule has 1 amide bonds. The molecule has 168 valence electrons. The first-order valence-electron chi connectivity index (χ1n) is 10.3. The zero-order valence-corrected chi connectivity index (χ0v) is 17.6. The molecule has 8 nitrogen and oxygen atoms in total. The lowest BCUT2D eigenvalue weighted by atomic mass is 10.1. The van der Waals surface area contributed by atoms with E-state index in [9.17, 15) is 14.4 Å². The predicted octanol–water partition coefficient (Wildman–Crippen LogP) is 2.71. The van der Waals surface area contributed by atoms with Gasteiger partial charge in [0, 0.05) is 56.6 Å². The number of fused-ring (bicyclic) bond motifs is 1. The number of para-hydroxylation sites is 1. The van der Waals surface area contributed by atoms with Crippen LogP contribution in [0.2, 0.25) is 0 Å². The summed E-state index contributed by atoms with van der Waals surface area (Å²) in [6.07, 6.45) is 3.20. The summed E-state index contributed by atoms with van der Waals surface area (Å²) in [6, 6.07) is 10.9. The molecule has 8 heteroatoms. The SMILES string of the molecule is C.CCOC(=O)c1c(N2CCN(C(=O)c3ccncc3)CC2)c2ccccc2n(C)c1=O. The topological polar surface area (TPSA) is 84.7 Å². The first-order chi connectivity index (χ1) is 15.0. The Morgan fingerprint density at radius 1 is 1.03 bits per heavy atom. The van der Waals surface area contributed by atoms with Gasteiger partial charge in [0.1, 0.15) is 5.56 Å². The van der Waals surface area contributed by atoms with E-state index in [4.69, 9.17) is 4.74 Å². The van der Waals surface area contributed by atoms with Crippen LogP contribution in [0, 0.1) is 0 Å². The van der Waals surface area contributed by atoms with Gasteiger partial charge in [0.25, 0.3) is 11.5 Å². The normalized spacial score (nSPS) is 13.6. The Kier molecular flexibility index (Phi) is 6.92. The molecule has 2 aromatic heterocycles. The Balaban J connectivity index is 0.00000289. The fraction of sp³-hybridized carbons (Fsp3) is 0.333. The Morgan fingerprint density at radius 3 is 2.34 bits per heavy atom. The minimum atomic E-state index is -0.626. The molecule has 1 saturated heterocycles. The van der Waals surface area contributed by atoms with Gasteiger partial charge in [-0.25, -0.2) is 4.79 Å². The van der Waals surface area contributed by atoms with Crippen molar-refractivity contribution in [2.75, 3.05) is 37.7 Å². The highest BCUT2D eigenvalue weighted by atomic mass is 16.5. The minimum Gasteiger partial charge on any atom is -0.462 e. The highest BCUT2D eigenvalue weighted by molar-refractivity contribution is 6.05. The summed E-state index contributed by atoms with van der Waals surface area (Å²) in [4.78, 5) is 46.3. The van der Waals surface area contributed by atoms with Crippen molar-refractivity contribution in [2.24, 2.45) is 7.05 Å².